The lowest BCUT2D eigenvalue weighted by Crippen LogP contribution is -2.35. The third kappa shape index (κ3) is 6.37. The number of ether oxygens (including phenoxy) is 1. The molecule has 1 saturated carbocycles. The Morgan fingerprint density at radius 2 is 1.76 bits per heavy atom. The zero-order valence-corrected chi connectivity index (χ0v) is 19.8. The maximum atomic E-state index is 10.1. The van der Waals surface area contributed by atoms with Gasteiger partial charge in [0, 0.05) is 30.4 Å². The molecule has 2 aliphatic rings. The van der Waals surface area contributed by atoms with Crippen LogP contribution in [0.25, 0.3) is 0 Å². The van der Waals surface area contributed by atoms with Crippen molar-refractivity contribution in [2.45, 2.75) is 70.4 Å². The average molecular weight is 456 g/mol. The lowest BCUT2D eigenvalue weighted by atomic mass is 10.1. The quantitative estimate of drug-likeness (QED) is 0.410. The van der Waals surface area contributed by atoms with E-state index >= 15 is 0 Å². The van der Waals surface area contributed by atoms with Crippen LogP contribution in [0.4, 0.5) is 23.5 Å². The summed E-state index contributed by atoms with van der Waals surface area (Å²) in [5.41, 5.74) is 0.679. The van der Waals surface area contributed by atoms with E-state index in [1.54, 1.807) is 12.1 Å². The molecule has 0 bridgehead atoms. The van der Waals surface area contributed by atoms with Gasteiger partial charge in [0.1, 0.15) is 0 Å². The molecule has 1 atom stereocenters. The normalized spacial score (nSPS) is 19.8. The van der Waals surface area contributed by atoms with Gasteiger partial charge in [0.15, 0.2) is 11.5 Å². The number of likely N-dealkylation sites (N-methyl/N-ethyl adjacent to an activating group) is 1. The zero-order valence-electron chi connectivity index (χ0n) is 19.8. The van der Waals surface area contributed by atoms with Crippen LogP contribution in [0, 0.1) is 0 Å². The van der Waals surface area contributed by atoms with E-state index in [0.717, 1.165) is 32.5 Å². The molecule has 9 nitrogen and oxygen atoms in total. The summed E-state index contributed by atoms with van der Waals surface area (Å²) in [6.07, 6.45) is 9.76. The van der Waals surface area contributed by atoms with Crippen LogP contribution >= 0.6 is 0 Å². The van der Waals surface area contributed by atoms with E-state index in [2.05, 4.69) is 42.7 Å². The van der Waals surface area contributed by atoms with Gasteiger partial charge in [0.25, 0.3) is 0 Å². The minimum absolute atomic E-state index is 0.0626. The Morgan fingerprint density at radius 1 is 1.00 bits per heavy atom. The summed E-state index contributed by atoms with van der Waals surface area (Å²) in [6.45, 7) is 5.24. The highest BCUT2D eigenvalue weighted by atomic mass is 16.5. The molecule has 2 heterocycles. The largest absolute Gasteiger partial charge is 0.504 e. The molecule has 180 valence electrons. The maximum Gasteiger partial charge on any atom is 0.233 e. The van der Waals surface area contributed by atoms with Gasteiger partial charge in [-0.25, -0.2) is 0 Å². The second-order valence-corrected chi connectivity index (χ2v) is 8.96. The minimum Gasteiger partial charge on any atom is -0.504 e. The number of phenolic OH excluding ortho intramolecular Hbond substituents is 1. The molecule has 4 rings (SSSR count). The highest BCUT2D eigenvalue weighted by Gasteiger charge is 2.23. The number of nitrogens with one attached hydrogen (secondary N) is 3. The van der Waals surface area contributed by atoms with Crippen molar-refractivity contribution in [3.05, 3.63) is 18.2 Å². The van der Waals surface area contributed by atoms with Crippen molar-refractivity contribution in [3.63, 3.8) is 0 Å². The maximum absolute atomic E-state index is 10.1. The molecule has 4 N–H and O–H groups in total. The molecule has 1 saturated heterocycles. The van der Waals surface area contributed by atoms with Crippen LogP contribution in [-0.2, 0) is 0 Å². The Kier molecular flexibility index (Phi) is 8.04. The number of aromatic nitrogens is 3. The second kappa shape index (κ2) is 11.4. The van der Waals surface area contributed by atoms with Crippen molar-refractivity contribution < 1.29 is 9.84 Å². The Labute approximate surface area is 196 Å². The fourth-order valence-electron chi connectivity index (χ4n) is 4.83. The van der Waals surface area contributed by atoms with Crippen LogP contribution < -0.4 is 20.7 Å². The van der Waals surface area contributed by atoms with E-state index in [9.17, 15) is 5.11 Å². The number of benzene rings is 1. The van der Waals surface area contributed by atoms with Crippen LogP contribution in [0.3, 0.4) is 0 Å². The molecule has 0 radical (unpaired) electrons. The summed E-state index contributed by atoms with van der Waals surface area (Å²) in [6, 6.07) is 6.02. The molecule has 9 heteroatoms. The Morgan fingerprint density at radius 3 is 2.48 bits per heavy atom. The van der Waals surface area contributed by atoms with Crippen molar-refractivity contribution in [1.29, 1.82) is 0 Å². The van der Waals surface area contributed by atoms with E-state index in [4.69, 9.17) is 4.74 Å². The molecule has 1 unspecified atom stereocenters. The topological polar surface area (TPSA) is 107 Å². The molecule has 1 aliphatic carbocycles. The van der Waals surface area contributed by atoms with Crippen LogP contribution in [0.1, 0.15) is 58.3 Å². The first-order chi connectivity index (χ1) is 16.1. The van der Waals surface area contributed by atoms with Gasteiger partial charge >= 0.3 is 0 Å². The monoisotopic (exact) mass is 455 g/mol. The first kappa shape index (κ1) is 23.4. The molecule has 2 aromatic rings. The summed E-state index contributed by atoms with van der Waals surface area (Å²) in [5.74, 6) is 2.06. The number of aromatic hydroxyl groups is 1. The molecule has 0 spiro atoms. The van der Waals surface area contributed by atoms with E-state index in [1.165, 1.54) is 45.6 Å². The number of anilines is 4. The van der Waals surface area contributed by atoms with Gasteiger partial charge in [-0.3, -0.25) is 4.90 Å². The van der Waals surface area contributed by atoms with Crippen molar-refractivity contribution in [2.75, 3.05) is 42.7 Å². The third-order valence-corrected chi connectivity index (χ3v) is 6.66. The fraction of sp³-hybridized carbons (Fsp3) is 0.625. The number of likely N-dealkylation sites (tertiary alicyclic amines) is 1. The molecule has 2 fully saturated rings. The Hall–Kier alpha value is -2.81. The number of nitrogens with zero attached hydrogens (tertiary/aromatic N) is 4. The highest BCUT2D eigenvalue weighted by molar-refractivity contribution is 5.60. The van der Waals surface area contributed by atoms with E-state index in [0.29, 0.717) is 41.4 Å². The van der Waals surface area contributed by atoms with Gasteiger partial charge in [-0.05, 0) is 50.9 Å². The summed E-state index contributed by atoms with van der Waals surface area (Å²) in [4.78, 5) is 16.4. The second-order valence-electron chi connectivity index (χ2n) is 8.96. The number of hydrogen-bond acceptors (Lipinski definition) is 9. The molecule has 1 aromatic heterocycles. The third-order valence-electron chi connectivity index (χ3n) is 6.66. The first-order valence-corrected chi connectivity index (χ1v) is 12.3. The van der Waals surface area contributed by atoms with E-state index < -0.39 is 0 Å². The van der Waals surface area contributed by atoms with Gasteiger partial charge in [-0.2, -0.15) is 15.0 Å². The van der Waals surface area contributed by atoms with Crippen LogP contribution in [0.2, 0.25) is 0 Å². The minimum atomic E-state index is 0.0626. The van der Waals surface area contributed by atoms with Crippen LogP contribution in [0.5, 0.6) is 11.5 Å². The number of hydrogen-bond donors (Lipinski definition) is 4. The average Bonchev–Trinajstić information content (AvgIpc) is 3.12. The Bertz CT molecular complexity index is 902. The van der Waals surface area contributed by atoms with Crippen molar-refractivity contribution in [1.82, 2.24) is 19.9 Å². The molecular weight excluding hydrogens is 418 g/mol. The first-order valence-electron chi connectivity index (χ1n) is 12.3. The van der Waals surface area contributed by atoms with Gasteiger partial charge < -0.3 is 25.8 Å². The van der Waals surface area contributed by atoms with E-state index in [-0.39, 0.29) is 5.75 Å². The number of methoxy groups -OCH3 is 1. The van der Waals surface area contributed by atoms with Crippen LogP contribution in [-0.4, -0.2) is 63.8 Å². The van der Waals surface area contributed by atoms with Gasteiger partial charge in [-0.1, -0.05) is 32.6 Å². The van der Waals surface area contributed by atoms with E-state index in [1.807, 2.05) is 6.07 Å². The lowest BCUT2D eigenvalue weighted by molar-refractivity contribution is 0.277. The van der Waals surface area contributed by atoms with Crippen molar-refractivity contribution >= 4 is 23.5 Å². The molecule has 0 amide bonds. The fourth-order valence-corrected chi connectivity index (χ4v) is 4.83. The standard InChI is InChI=1S/C24H37N7O2/c1-3-31-14-8-11-19(31)16-25-22-28-23(26-17-9-6-4-5-7-10-17)30-24(29-22)27-18-12-13-21(33-2)20(32)15-18/h12-13,15,17,19,32H,3-11,14,16H2,1-2H3,(H3,25,26,27,28,29,30). The Balaban J connectivity index is 1.52. The molecule has 33 heavy (non-hydrogen) atoms. The molecule has 1 aromatic carbocycles. The van der Waals surface area contributed by atoms with Crippen molar-refractivity contribution in [3.8, 4) is 11.5 Å². The van der Waals surface area contributed by atoms with Gasteiger partial charge in [-0.15, -0.1) is 0 Å². The SMILES string of the molecule is CCN1CCCC1CNc1nc(Nc2ccc(OC)c(O)c2)nc(NC2CCCCCC2)n1. The van der Waals surface area contributed by atoms with Crippen LogP contribution in [0.15, 0.2) is 18.2 Å². The number of phenols is 1. The predicted molar refractivity (Wildman–Crippen MR) is 132 cm³/mol. The lowest BCUT2D eigenvalue weighted by Gasteiger charge is -2.23. The molecule has 1 aliphatic heterocycles. The summed E-state index contributed by atoms with van der Waals surface area (Å²) in [5, 5.41) is 20.3. The van der Waals surface area contributed by atoms with Crippen molar-refractivity contribution in [2.24, 2.45) is 0 Å². The zero-order chi connectivity index (χ0) is 23.0. The summed E-state index contributed by atoms with van der Waals surface area (Å²) >= 11 is 0. The van der Waals surface area contributed by atoms with Gasteiger partial charge in [0.05, 0.1) is 7.11 Å². The summed E-state index contributed by atoms with van der Waals surface area (Å²) < 4.78 is 5.14. The smallest absolute Gasteiger partial charge is 0.233 e. The highest BCUT2D eigenvalue weighted by Crippen LogP contribution is 2.30. The predicted octanol–water partition coefficient (Wildman–Crippen LogP) is 4.36. The van der Waals surface area contributed by atoms with Gasteiger partial charge in [0.2, 0.25) is 17.8 Å². The number of rotatable bonds is 9. The molecular formula is C24H37N7O2. The summed E-state index contributed by atoms with van der Waals surface area (Å²) in [7, 11) is 1.53.